The average Bonchev–Trinajstić information content (AvgIpc) is 2.98. The highest BCUT2D eigenvalue weighted by Crippen LogP contribution is 2.21. The van der Waals surface area contributed by atoms with Crippen LogP contribution in [0.2, 0.25) is 0 Å². The topological polar surface area (TPSA) is 86.3 Å². The fourth-order valence-corrected chi connectivity index (χ4v) is 5.22. The molecule has 3 aromatic rings. The quantitative estimate of drug-likeness (QED) is 0.338. The lowest BCUT2D eigenvalue weighted by molar-refractivity contribution is 0.289. The van der Waals surface area contributed by atoms with Crippen LogP contribution in [0.1, 0.15) is 23.1 Å². The first-order valence-corrected chi connectivity index (χ1v) is 12.4. The molecule has 0 bridgehead atoms. The summed E-state index contributed by atoms with van der Waals surface area (Å²) in [5, 5.41) is 0.973. The van der Waals surface area contributed by atoms with E-state index in [1.807, 2.05) is 42.5 Å². The molecule has 1 aliphatic rings. The van der Waals surface area contributed by atoms with E-state index in [9.17, 15) is 8.42 Å². The number of fused-ring (bicyclic) bond motifs is 2. The summed E-state index contributed by atoms with van der Waals surface area (Å²) in [6.07, 6.45) is 2.97. The lowest BCUT2D eigenvalue weighted by Gasteiger charge is -2.19. The first-order valence-electron chi connectivity index (χ1n) is 9.82. The summed E-state index contributed by atoms with van der Waals surface area (Å²) < 4.78 is 31.3. The number of nitrogens with one attached hydrogen (secondary N) is 1. The number of hydrogen-bond donors (Lipinski definition) is 2. The van der Waals surface area contributed by atoms with E-state index >= 15 is 0 Å². The molecule has 2 N–H and O–H groups in total. The second kappa shape index (κ2) is 8.87. The van der Waals surface area contributed by atoms with Crippen molar-refractivity contribution in [3.63, 3.8) is 0 Å². The predicted octanol–water partition coefficient (Wildman–Crippen LogP) is 3.53. The third kappa shape index (κ3) is 5.60. The standard InChI is InChI=1S/C21H25N3O3S2/c25-29(26,27)15-16-6-7-17-8-11-24(12-9-18(17)14-16)10-3-13-28-21-22-19-4-1-2-5-20(19)23-21/h1-2,4-7,14H,3,8-13,15H2,(H,22,23)(H,25,26,27). The maximum atomic E-state index is 11.1. The molecule has 6 nitrogen and oxygen atoms in total. The van der Waals surface area contributed by atoms with Gasteiger partial charge in [0.25, 0.3) is 10.1 Å². The molecule has 154 valence electrons. The lowest BCUT2D eigenvalue weighted by Crippen LogP contribution is -2.27. The lowest BCUT2D eigenvalue weighted by atomic mass is 10.0. The molecule has 2 aromatic carbocycles. The summed E-state index contributed by atoms with van der Waals surface area (Å²) in [5.74, 6) is 0.699. The van der Waals surface area contributed by atoms with Crippen LogP contribution in [0.5, 0.6) is 0 Å². The Morgan fingerprint density at radius 1 is 1.10 bits per heavy atom. The minimum atomic E-state index is -3.99. The molecule has 0 atom stereocenters. The van der Waals surface area contributed by atoms with Gasteiger partial charge in [0.2, 0.25) is 0 Å². The maximum absolute atomic E-state index is 11.1. The Hall–Kier alpha value is -1.87. The van der Waals surface area contributed by atoms with E-state index in [0.717, 1.165) is 60.8 Å². The minimum Gasteiger partial charge on any atom is -0.333 e. The van der Waals surface area contributed by atoms with Gasteiger partial charge >= 0.3 is 0 Å². The molecule has 0 saturated heterocycles. The zero-order valence-electron chi connectivity index (χ0n) is 16.2. The Morgan fingerprint density at radius 3 is 2.69 bits per heavy atom. The van der Waals surface area contributed by atoms with E-state index in [1.54, 1.807) is 11.8 Å². The third-order valence-corrected chi connectivity index (χ3v) is 6.90. The van der Waals surface area contributed by atoms with Crippen molar-refractivity contribution in [3.8, 4) is 0 Å². The van der Waals surface area contributed by atoms with Gasteiger partial charge in [0.05, 0.1) is 11.0 Å². The van der Waals surface area contributed by atoms with E-state index in [2.05, 4.69) is 14.9 Å². The van der Waals surface area contributed by atoms with Crippen LogP contribution in [-0.4, -0.2) is 53.2 Å². The van der Waals surface area contributed by atoms with Crippen molar-refractivity contribution in [3.05, 3.63) is 59.2 Å². The van der Waals surface area contributed by atoms with Crippen LogP contribution in [0.15, 0.2) is 47.6 Å². The molecular formula is C21H25N3O3S2. The molecule has 29 heavy (non-hydrogen) atoms. The Morgan fingerprint density at radius 2 is 1.90 bits per heavy atom. The molecule has 0 fully saturated rings. The molecule has 2 heterocycles. The highest BCUT2D eigenvalue weighted by atomic mass is 32.2. The molecule has 0 unspecified atom stereocenters. The number of rotatable bonds is 7. The SMILES string of the molecule is O=S(=O)(O)Cc1ccc2c(c1)CCN(CCCSc1nc3ccccc3[nH]1)CC2. The highest BCUT2D eigenvalue weighted by molar-refractivity contribution is 7.99. The number of aromatic nitrogens is 2. The number of benzene rings is 2. The van der Waals surface area contributed by atoms with Gasteiger partial charge in [0.15, 0.2) is 5.16 Å². The average molecular weight is 432 g/mol. The zero-order chi connectivity index (χ0) is 20.3. The van der Waals surface area contributed by atoms with Gasteiger partial charge in [-0.15, -0.1) is 0 Å². The van der Waals surface area contributed by atoms with Gasteiger partial charge in [-0.1, -0.05) is 42.1 Å². The Labute approximate surface area is 175 Å². The van der Waals surface area contributed by atoms with Crippen LogP contribution >= 0.6 is 11.8 Å². The first kappa shape index (κ1) is 20.4. The molecule has 0 spiro atoms. The van der Waals surface area contributed by atoms with Gasteiger partial charge in [-0.05, 0) is 54.6 Å². The van der Waals surface area contributed by atoms with Gasteiger partial charge in [0, 0.05) is 18.8 Å². The van der Waals surface area contributed by atoms with E-state index in [-0.39, 0.29) is 5.75 Å². The highest BCUT2D eigenvalue weighted by Gasteiger charge is 2.15. The van der Waals surface area contributed by atoms with Crippen LogP contribution in [0.3, 0.4) is 0 Å². The Bertz CT molecular complexity index is 1060. The summed E-state index contributed by atoms with van der Waals surface area (Å²) >= 11 is 1.76. The summed E-state index contributed by atoms with van der Waals surface area (Å²) in [5.41, 5.74) is 5.22. The number of imidazole rings is 1. The normalized spacial score (nSPS) is 15.3. The third-order valence-electron chi connectivity index (χ3n) is 5.24. The van der Waals surface area contributed by atoms with E-state index in [0.29, 0.717) is 5.56 Å². The van der Waals surface area contributed by atoms with Gasteiger partial charge < -0.3 is 9.88 Å². The number of para-hydroxylation sites is 2. The van der Waals surface area contributed by atoms with Crippen molar-refractivity contribution < 1.29 is 13.0 Å². The Kier molecular flexibility index (Phi) is 6.24. The largest absolute Gasteiger partial charge is 0.333 e. The fraction of sp³-hybridized carbons (Fsp3) is 0.381. The molecule has 0 saturated carbocycles. The van der Waals surface area contributed by atoms with E-state index in [1.165, 1.54) is 11.1 Å². The van der Waals surface area contributed by atoms with E-state index < -0.39 is 10.1 Å². The van der Waals surface area contributed by atoms with Gasteiger partial charge in [0.1, 0.15) is 5.75 Å². The number of nitrogens with zero attached hydrogens (tertiary/aromatic N) is 2. The molecule has 0 amide bonds. The molecule has 8 heteroatoms. The second-order valence-electron chi connectivity index (χ2n) is 7.43. The van der Waals surface area contributed by atoms with Crippen LogP contribution in [-0.2, 0) is 28.7 Å². The monoisotopic (exact) mass is 431 g/mol. The predicted molar refractivity (Wildman–Crippen MR) is 117 cm³/mol. The molecular weight excluding hydrogens is 406 g/mol. The maximum Gasteiger partial charge on any atom is 0.269 e. The van der Waals surface area contributed by atoms with Crippen molar-refractivity contribution in [2.75, 3.05) is 25.4 Å². The summed E-state index contributed by atoms with van der Waals surface area (Å²) in [7, 11) is -3.99. The van der Waals surface area contributed by atoms with Crippen LogP contribution in [0, 0.1) is 0 Å². The first-order chi connectivity index (χ1) is 14.0. The fourth-order valence-electron chi connectivity index (χ4n) is 3.80. The molecule has 4 rings (SSSR count). The molecule has 0 radical (unpaired) electrons. The van der Waals surface area contributed by atoms with Crippen molar-refractivity contribution in [2.45, 2.75) is 30.2 Å². The van der Waals surface area contributed by atoms with Gasteiger partial charge in [-0.2, -0.15) is 8.42 Å². The second-order valence-corrected chi connectivity index (χ2v) is 9.97. The van der Waals surface area contributed by atoms with Crippen molar-refractivity contribution >= 4 is 32.9 Å². The van der Waals surface area contributed by atoms with Crippen molar-refractivity contribution in [2.24, 2.45) is 0 Å². The number of H-pyrrole nitrogens is 1. The smallest absolute Gasteiger partial charge is 0.269 e. The summed E-state index contributed by atoms with van der Waals surface area (Å²) in [6.45, 7) is 3.02. The Balaban J connectivity index is 1.26. The molecule has 0 aliphatic carbocycles. The van der Waals surface area contributed by atoms with Crippen molar-refractivity contribution in [1.82, 2.24) is 14.9 Å². The van der Waals surface area contributed by atoms with Crippen LogP contribution in [0.25, 0.3) is 11.0 Å². The number of thioether (sulfide) groups is 1. The van der Waals surface area contributed by atoms with Crippen molar-refractivity contribution in [1.29, 1.82) is 0 Å². The zero-order valence-corrected chi connectivity index (χ0v) is 17.8. The van der Waals surface area contributed by atoms with Crippen LogP contribution < -0.4 is 0 Å². The number of hydrogen-bond acceptors (Lipinski definition) is 5. The van der Waals surface area contributed by atoms with Gasteiger partial charge in [-0.25, -0.2) is 4.98 Å². The molecule has 1 aliphatic heterocycles. The van der Waals surface area contributed by atoms with E-state index in [4.69, 9.17) is 4.55 Å². The van der Waals surface area contributed by atoms with Crippen LogP contribution in [0.4, 0.5) is 0 Å². The number of aromatic amines is 1. The molecule has 1 aromatic heterocycles. The van der Waals surface area contributed by atoms with Gasteiger partial charge in [-0.3, -0.25) is 4.55 Å². The summed E-state index contributed by atoms with van der Waals surface area (Å²) in [4.78, 5) is 10.4. The summed E-state index contributed by atoms with van der Waals surface area (Å²) in [6, 6.07) is 13.8. The minimum absolute atomic E-state index is 0.316.